The van der Waals surface area contributed by atoms with Gasteiger partial charge in [-0.2, -0.15) is 0 Å². The van der Waals surface area contributed by atoms with Gasteiger partial charge in [0.15, 0.2) is 0 Å². The second-order valence-electron chi connectivity index (χ2n) is 4.90. The van der Waals surface area contributed by atoms with E-state index in [-0.39, 0.29) is 5.91 Å². The maximum atomic E-state index is 11.8. The average Bonchev–Trinajstić information content (AvgIpc) is 2.44. The third-order valence-electron chi connectivity index (χ3n) is 3.29. The zero-order valence-corrected chi connectivity index (χ0v) is 11.8. The first-order valence-electron chi connectivity index (χ1n) is 7.12. The van der Waals surface area contributed by atoms with E-state index in [9.17, 15) is 4.79 Å². The summed E-state index contributed by atoms with van der Waals surface area (Å²) < 4.78 is 0. The monoisotopic (exact) mass is 263 g/mol. The number of aromatic nitrogens is 1. The molecule has 106 valence electrons. The molecule has 0 saturated heterocycles. The molecule has 1 heterocycles. The molecule has 4 heteroatoms. The van der Waals surface area contributed by atoms with Crippen LogP contribution in [0.3, 0.4) is 0 Å². The van der Waals surface area contributed by atoms with Crippen LogP contribution in [0, 0.1) is 5.92 Å². The fourth-order valence-corrected chi connectivity index (χ4v) is 2.20. The molecule has 1 rings (SSSR count). The number of rotatable bonds is 9. The minimum Gasteiger partial charge on any atom is -0.352 e. The highest BCUT2D eigenvalue weighted by Gasteiger charge is 2.09. The Morgan fingerprint density at radius 3 is 2.68 bits per heavy atom. The lowest BCUT2D eigenvalue weighted by molar-refractivity contribution is -0.121. The maximum Gasteiger partial charge on any atom is 0.220 e. The molecule has 1 unspecified atom stereocenters. The summed E-state index contributed by atoms with van der Waals surface area (Å²) in [5.41, 5.74) is 6.67. The number of nitrogens with one attached hydrogen (secondary N) is 1. The van der Waals surface area contributed by atoms with E-state index in [1.165, 1.54) is 0 Å². The van der Waals surface area contributed by atoms with E-state index in [4.69, 9.17) is 5.73 Å². The molecule has 1 amide bonds. The summed E-state index contributed by atoms with van der Waals surface area (Å²) in [4.78, 5) is 15.7. The Bertz CT molecular complexity index is 348. The predicted octanol–water partition coefficient (Wildman–Crippen LogP) is 2.24. The lowest BCUT2D eigenvalue weighted by Gasteiger charge is -2.14. The van der Waals surface area contributed by atoms with Crippen molar-refractivity contribution in [1.29, 1.82) is 0 Å². The van der Waals surface area contributed by atoms with Gasteiger partial charge in [-0.15, -0.1) is 0 Å². The number of carbonyl (C=O) groups is 1. The van der Waals surface area contributed by atoms with E-state index in [1.54, 1.807) is 12.4 Å². The van der Waals surface area contributed by atoms with Gasteiger partial charge >= 0.3 is 0 Å². The molecule has 1 atom stereocenters. The van der Waals surface area contributed by atoms with Gasteiger partial charge in [-0.3, -0.25) is 9.78 Å². The van der Waals surface area contributed by atoms with E-state index in [1.807, 2.05) is 12.1 Å². The molecule has 0 fully saturated rings. The van der Waals surface area contributed by atoms with Crippen molar-refractivity contribution in [3.05, 3.63) is 30.1 Å². The topological polar surface area (TPSA) is 68.0 Å². The van der Waals surface area contributed by atoms with Crippen LogP contribution in [0.5, 0.6) is 0 Å². The normalized spacial score (nSPS) is 12.1. The largest absolute Gasteiger partial charge is 0.352 e. The van der Waals surface area contributed by atoms with E-state index < -0.39 is 0 Å². The van der Waals surface area contributed by atoms with Crippen molar-refractivity contribution in [2.24, 2.45) is 11.7 Å². The molecule has 0 bridgehead atoms. The molecule has 19 heavy (non-hydrogen) atoms. The summed E-state index contributed by atoms with van der Waals surface area (Å²) in [7, 11) is 0. The maximum absolute atomic E-state index is 11.8. The molecule has 0 aliphatic heterocycles. The van der Waals surface area contributed by atoms with Gasteiger partial charge in [0.05, 0.1) is 0 Å². The van der Waals surface area contributed by atoms with Crippen LogP contribution >= 0.6 is 0 Å². The Morgan fingerprint density at radius 2 is 2.05 bits per heavy atom. The number of pyridine rings is 1. The van der Waals surface area contributed by atoms with Gasteiger partial charge in [-0.25, -0.2) is 0 Å². The molecule has 3 N–H and O–H groups in total. The van der Waals surface area contributed by atoms with Crippen LogP contribution < -0.4 is 11.1 Å². The lowest BCUT2D eigenvalue weighted by Crippen LogP contribution is -2.23. The van der Waals surface area contributed by atoms with Crippen molar-refractivity contribution >= 4 is 5.91 Å². The van der Waals surface area contributed by atoms with Crippen LogP contribution in [-0.2, 0) is 11.3 Å². The molecule has 0 saturated carbocycles. The van der Waals surface area contributed by atoms with Gasteiger partial charge in [-0.05, 0) is 43.0 Å². The third kappa shape index (κ3) is 6.91. The van der Waals surface area contributed by atoms with Crippen molar-refractivity contribution in [1.82, 2.24) is 10.3 Å². The Balaban J connectivity index is 2.23. The highest BCUT2D eigenvalue weighted by molar-refractivity contribution is 5.75. The number of hydrogen-bond donors (Lipinski definition) is 2. The summed E-state index contributed by atoms with van der Waals surface area (Å²) in [6.07, 6.45) is 8.34. The highest BCUT2D eigenvalue weighted by Crippen LogP contribution is 2.16. The van der Waals surface area contributed by atoms with Crippen LogP contribution in [0.4, 0.5) is 0 Å². The average molecular weight is 263 g/mol. The number of carbonyl (C=O) groups excluding carboxylic acids is 1. The minimum absolute atomic E-state index is 0.120. The van der Waals surface area contributed by atoms with Gasteiger partial charge in [0, 0.05) is 25.4 Å². The predicted molar refractivity (Wildman–Crippen MR) is 77.4 cm³/mol. The van der Waals surface area contributed by atoms with Crippen molar-refractivity contribution in [3.8, 4) is 0 Å². The standard InChI is InChI=1S/C15H25N3O/c1-2-3-13(6-9-16)4-5-15(19)18-12-14-7-10-17-11-8-14/h7-8,10-11,13H,2-6,9,12,16H2,1H3,(H,18,19). The summed E-state index contributed by atoms with van der Waals surface area (Å²) in [5.74, 6) is 0.705. The molecule has 0 aromatic carbocycles. The Hall–Kier alpha value is -1.42. The smallest absolute Gasteiger partial charge is 0.220 e. The van der Waals surface area contributed by atoms with E-state index >= 15 is 0 Å². The van der Waals surface area contributed by atoms with Crippen LogP contribution in [0.1, 0.15) is 44.6 Å². The molecular weight excluding hydrogens is 238 g/mol. The lowest BCUT2D eigenvalue weighted by atomic mass is 9.94. The van der Waals surface area contributed by atoms with Crippen LogP contribution in [0.2, 0.25) is 0 Å². The van der Waals surface area contributed by atoms with Gasteiger partial charge < -0.3 is 11.1 Å². The minimum atomic E-state index is 0.120. The van der Waals surface area contributed by atoms with Crippen LogP contribution in [-0.4, -0.2) is 17.4 Å². The Labute approximate surface area is 115 Å². The number of nitrogens with two attached hydrogens (primary N) is 1. The molecule has 0 radical (unpaired) electrons. The highest BCUT2D eigenvalue weighted by atomic mass is 16.1. The number of hydrogen-bond acceptors (Lipinski definition) is 3. The fraction of sp³-hybridized carbons (Fsp3) is 0.600. The first-order valence-corrected chi connectivity index (χ1v) is 7.12. The molecule has 0 aliphatic carbocycles. The van der Waals surface area contributed by atoms with Gasteiger partial charge in [0.1, 0.15) is 0 Å². The van der Waals surface area contributed by atoms with Crippen LogP contribution in [0.15, 0.2) is 24.5 Å². The zero-order valence-electron chi connectivity index (χ0n) is 11.8. The van der Waals surface area contributed by atoms with Crippen LogP contribution in [0.25, 0.3) is 0 Å². The molecule has 0 aliphatic rings. The first-order chi connectivity index (χ1) is 9.26. The van der Waals surface area contributed by atoms with Gasteiger partial charge in [0.25, 0.3) is 0 Å². The molecule has 1 aromatic rings. The summed E-state index contributed by atoms with van der Waals surface area (Å²) in [6.45, 7) is 3.47. The summed E-state index contributed by atoms with van der Waals surface area (Å²) in [5, 5.41) is 2.94. The second kappa shape index (κ2) is 9.50. The second-order valence-corrected chi connectivity index (χ2v) is 4.90. The SMILES string of the molecule is CCCC(CCN)CCC(=O)NCc1ccncc1. The number of amides is 1. The summed E-state index contributed by atoms with van der Waals surface area (Å²) >= 11 is 0. The van der Waals surface area contributed by atoms with Crippen molar-refractivity contribution in [2.75, 3.05) is 6.54 Å². The fourth-order valence-electron chi connectivity index (χ4n) is 2.20. The molecule has 1 aromatic heterocycles. The Morgan fingerprint density at radius 1 is 1.32 bits per heavy atom. The van der Waals surface area contributed by atoms with Crippen molar-refractivity contribution in [3.63, 3.8) is 0 Å². The number of nitrogens with zero attached hydrogens (tertiary/aromatic N) is 1. The molecule has 0 spiro atoms. The first kappa shape index (κ1) is 15.6. The molecular formula is C15H25N3O. The quantitative estimate of drug-likeness (QED) is 0.718. The molecule has 4 nitrogen and oxygen atoms in total. The Kier molecular flexibility index (Phi) is 7.82. The van der Waals surface area contributed by atoms with Crippen molar-refractivity contribution in [2.45, 2.75) is 45.6 Å². The van der Waals surface area contributed by atoms with E-state index in [0.29, 0.717) is 25.4 Å². The van der Waals surface area contributed by atoms with Gasteiger partial charge in [0.2, 0.25) is 5.91 Å². The zero-order chi connectivity index (χ0) is 13.9. The summed E-state index contributed by atoms with van der Waals surface area (Å²) in [6, 6.07) is 3.82. The van der Waals surface area contributed by atoms with E-state index in [2.05, 4.69) is 17.2 Å². The van der Waals surface area contributed by atoms with Gasteiger partial charge in [-0.1, -0.05) is 19.8 Å². The van der Waals surface area contributed by atoms with Crippen molar-refractivity contribution < 1.29 is 4.79 Å². The third-order valence-corrected chi connectivity index (χ3v) is 3.29. The van der Waals surface area contributed by atoms with E-state index in [0.717, 1.165) is 31.2 Å².